The van der Waals surface area contributed by atoms with Crippen LogP contribution in [-0.4, -0.2) is 64.0 Å². The predicted molar refractivity (Wildman–Crippen MR) is 125 cm³/mol. The number of imidazole rings is 1. The lowest BCUT2D eigenvalue weighted by atomic mass is 10.1. The molecule has 1 saturated heterocycles. The lowest BCUT2D eigenvalue weighted by Crippen LogP contribution is -2.36. The molecule has 0 saturated carbocycles. The van der Waals surface area contributed by atoms with Crippen LogP contribution in [-0.2, 0) is 9.53 Å². The maximum absolute atomic E-state index is 12.7. The van der Waals surface area contributed by atoms with Gasteiger partial charge in [-0.15, -0.1) is 0 Å². The zero-order valence-electron chi connectivity index (χ0n) is 18.2. The Kier molecular flexibility index (Phi) is 6.18. The highest BCUT2D eigenvalue weighted by Crippen LogP contribution is 2.23. The summed E-state index contributed by atoms with van der Waals surface area (Å²) in [6.07, 6.45) is 7.46. The zero-order chi connectivity index (χ0) is 22.7. The third kappa shape index (κ3) is 4.33. The number of anilines is 1. The highest BCUT2D eigenvalue weighted by Gasteiger charge is 2.28. The summed E-state index contributed by atoms with van der Waals surface area (Å²) >= 11 is 0. The zero-order valence-corrected chi connectivity index (χ0v) is 18.2. The molecule has 0 spiro atoms. The van der Waals surface area contributed by atoms with Crippen LogP contribution < -0.4 is 11.5 Å². The number of allylic oxidation sites excluding steroid dienone is 1. The van der Waals surface area contributed by atoms with Gasteiger partial charge < -0.3 is 21.1 Å². The standard InChI is InChI=1S/C23H27N7O2/c1-15(23(31)29-7-6-20(14-29)32-2)26-11-18(10-24)17-9-22-27-13-21(30(22)28-12-17)16-4-3-5-19(25)8-16/h3-5,8-13,15,20H,6-7,14,24-25H2,1-2H3. The van der Waals surface area contributed by atoms with E-state index in [1.807, 2.05) is 30.3 Å². The number of hydrogen-bond donors (Lipinski definition) is 2. The highest BCUT2D eigenvalue weighted by molar-refractivity contribution is 6.10. The Bertz CT molecular complexity index is 1180. The lowest BCUT2D eigenvalue weighted by Gasteiger charge is -2.18. The van der Waals surface area contributed by atoms with Crippen molar-refractivity contribution in [2.24, 2.45) is 10.7 Å². The number of hydrogen-bond acceptors (Lipinski definition) is 7. The second-order valence-electron chi connectivity index (χ2n) is 7.79. The number of nitrogens with two attached hydrogens (primary N) is 2. The lowest BCUT2D eigenvalue weighted by molar-refractivity contribution is -0.131. The molecule has 32 heavy (non-hydrogen) atoms. The minimum absolute atomic E-state index is 0.0224. The largest absolute Gasteiger partial charge is 0.404 e. The number of carbonyl (C=O) groups is 1. The first-order valence-corrected chi connectivity index (χ1v) is 10.5. The van der Waals surface area contributed by atoms with Crippen molar-refractivity contribution in [3.05, 3.63) is 54.5 Å². The van der Waals surface area contributed by atoms with E-state index in [0.717, 1.165) is 23.2 Å². The van der Waals surface area contributed by atoms with Crippen LogP contribution in [0, 0.1) is 0 Å². The molecule has 4 N–H and O–H groups in total. The monoisotopic (exact) mass is 433 g/mol. The minimum atomic E-state index is -0.515. The molecule has 9 heteroatoms. The molecule has 4 rings (SSSR count). The molecule has 9 nitrogen and oxygen atoms in total. The molecular weight excluding hydrogens is 406 g/mol. The van der Waals surface area contributed by atoms with E-state index in [-0.39, 0.29) is 12.0 Å². The number of likely N-dealkylation sites (tertiary alicyclic amines) is 1. The number of aromatic nitrogens is 3. The molecule has 166 valence electrons. The number of carbonyl (C=O) groups excluding carboxylic acids is 1. The molecule has 2 atom stereocenters. The van der Waals surface area contributed by atoms with Crippen LogP contribution in [0.4, 0.5) is 5.69 Å². The molecule has 0 aliphatic carbocycles. The van der Waals surface area contributed by atoms with E-state index in [1.165, 1.54) is 6.20 Å². The summed E-state index contributed by atoms with van der Waals surface area (Å²) in [6.45, 7) is 3.07. The summed E-state index contributed by atoms with van der Waals surface area (Å²) in [5, 5.41) is 4.53. The second kappa shape index (κ2) is 9.19. The van der Waals surface area contributed by atoms with Crippen LogP contribution in [0.15, 0.2) is 53.9 Å². The van der Waals surface area contributed by atoms with Gasteiger partial charge >= 0.3 is 0 Å². The third-order valence-electron chi connectivity index (χ3n) is 5.64. The van der Waals surface area contributed by atoms with Gasteiger partial charge in [0.05, 0.1) is 24.2 Å². The van der Waals surface area contributed by atoms with Gasteiger partial charge in [0.25, 0.3) is 0 Å². The summed E-state index contributed by atoms with van der Waals surface area (Å²) in [4.78, 5) is 23.3. The van der Waals surface area contributed by atoms with Gasteiger partial charge in [-0.2, -0.15) is 5.10 Å². The molecule has 1 aliphatic heterocycles. The molecule has 1 fully saturated rings. The number of rotatable bonds is 6. The van der Waals surface area contributed by atoms with E-state index >= 15 is 0 Å². The van der Waals surface area contributed by atoms with Gasteiger partial charge in [0.2, 0.25) is 5.91 Å². The quantitative estimate of drug-likeness (QED) is 0.452. The number of aliphatic imine (C=N–C) groups is 1. The van der Waals surface area contributed by atoms with Gasteiger partial charge in [0.15, 0.2) is 5.65 Å². The summed E-state index contributed by atoms with van der Waals surface area (Å²) in [7, 11) is 1.67. The van der Waals surface area contributed by atoms with Crippen LogP contribution in [0.5, 0.6) is 0 Å². The van der Waals surface area contributed by atoms with Crippen molar-refractivity contribution in [3.8, 4) is 11.3 Å². The molecule has 2 aromatic heterocycles. The van der Waals surface area contributed by atoms with Crippen LogP contribution in [0.1, 0.15) is 18.9 Å². The minimum Gasteiger partial charge on any atom is -0.404 e. The fourth-order valence-corrected chi connectivity index (χ4v) is 3.78. The van der Waals surface area contributed by atoms with E-state index in [4.69, 9.17) is 16.2 Å². The first-order chi connectivity index (χ1) is 15.5. The molecule has 1 amide bonds. The van der Waals surface area contributed by atoms with Crippen molar-refractivity contribution >= 4 is 29.0 Å². The van der Waals surface area contributed by atoms with Crippen molar-refractivity contribution in [3.63, 3.8) is 0 Å². The highest BCUT2D eigenvalue weighted by atomic mass is 16.5. The molecule has 0 bridgehead atoms. The number of fused-ring (bicyclic) bond motifs is 1. The summed E-state index contributed by atoms with van der Waals surface area (Å²) < 4.78 is 7.08. The normalized spacial score (nSPS) is 18.0. The van der Waals surface area contributed by atoms with Crippen molar-refractivity contribution in [1.82, 2.24) is 19.5 Å². The fraction of sp³-hybridized carbons (Fsp3) is 0.304. The van der Waals surface area contributed by atoms with E-state index in [2.05, 4.69) is 15.1 Å². The van der Waals surface area contributed by atoms with Gasteiger partial charge in [-0.25, -0.2) is 9.50 Å². The van der Waals surface area contributed by atoms with Gasteiger partial charge in [-0.05, 0) is 31.5 Å². The third-order valence-corrected chi connectivity index (χ3v) is 5.64. The van der Waals surface area contributed by atoms with E-state index < -0.39 is 6.04 Å². The van der Waals surface area contributed by atoms with Crippen LogP contribution >= 0.6 is 0 Å². The SMILES string of the molecule is COC1CCN(C(=O)C(C)N=CC(=CN)c2cnn3c(-c4cccc(N)c4)cnc3c2)C1. The number of benzene rings is 1. The first kappa shape index (κ1) is 21.5. The predicted octanol–water partition coefficient (Wildman–Crippen LogP) is 1.98. The summed E-state index contributed by atoms with van der Waals surface area (Å²) in [6, 6.07) is 8.93. The number of nitrogens with zero attached hydrogens (tertiary/aromatic N) is 5. The molecule has 1 aromatic carbocycles. The van der Waals surface area contributed by atoms with Gasteiger partial charge in [0, 0.05) is 55.0 Å². The van der Waals surface area contributed by atoms with Crippen LogP contribution in [0.2, 0.25) is 0 Å². The second-order valence-corrected chi connectivity index (χ2v) is 7.79. The van der Waals surface area contributed by atoms with Crippen molar-refractivity contribution < 1.29 is 9.53 Å². The maximum Gasteiger partial charge on any atom is 0.247 e. The fourth-order valence-electron chi connectivity index (χ4n) is 3.78. The van der Waals surface area contributed by atoms with Gasteiger partial charge in [0.1, 0.15) is 6.04 Å². The summed E-state index contributed by atoms with van der Waals surface area (Å²) in [5.74, 6) is -0.0224. The van der Waals surface area contributed by atoms with Crippen molar-refractivity contribution in [2.45, 2.75) is 25.5 Å². The summed E-state index contributed by atoms with van der Waals surface area (Å²) in [5.41, 5.74) is 16.3. The first-order valence-electron chi connectivity index (χ1n) is 10.5. The molecule has 3 aromatic rings. The Balaban J connectivity index is 1.52. The maximum atomic E-state index is 12.7. The average Bonchev–Trinajstić information content (AvgIpc) is 3.45. The molecule has 1 aliphatic rings. The molecular formula is C23H27N7O2. The topological polar surface area (TPSA) is 124 Å². The number of amides is 1. The number of ether oxygens (including phenoxy) is 1. The van der Waals surface area contributed by atoms with Crippen molar-refractivity contribution in [1.29, 1.82) is 0 Å². The van der Waals surface area contributed by atoms with E-state index in [1.54, 1.807) is 42.1 Å². The van der Waals surface area contributed by atoms with Crippen molar-refractivity contribution in [2.75, 3.05) is 25.9 Å². The Labute approximate surface area is 186 Å². The van der Waals surface area contributed by atoms with Crippen LogP contribution in [0.3, 0.4) is 0 Å². The number of nitrogen functional groups attached to an aromatic ring is 1. The molecule has 3 heterocycles. The Hall–Kier alpha value is -3.72. The Morgan fingerprint density at radius 1 is 1.34 bits per heavy atom. The Morgan fingerprint density at radius 3 is 2.91 bits per heavy atom. The molecule has 2 unspecified atom stereocenters. The van der Waals surface area contributed by atoms with Gasteiger partial charge in [-0.1, -0.05) is 12.1 Å². The van der Waals surface area contributed by atoms with Crippen LogP contribution in [0.25, 0.3) is 22.5 Å². The van der Waals surface area contributed by atoms with E-state index in [0.29, 0.717) is 30.0 Å². The van der Waals surface area contributed by atoms with E-state index in [9.17, 15) is 4.79 Å². The van der Waals surface area contributed by atoms with Gasteiger partial charge in [-0.3, -0.25) is 9.79 Å². The smallest absolute Gasteiger partial charge is 0.247 e. The average molecular weight is 434 g/mol. The number of methoxy groups -OCH3 is 1. The molecule has 0 radical (unpaired) electrons. The Morgan fingerprint density at radius 2 is 2.19 bits per heavy atom.